The molecule has 1 aromatic rings. The van der Waals surface area contributed by atoms with Crippen LogP contribution >= 0.6 is 22.6 Å². The second-order valence-corrected chi connectivity index (χ2v) is 5.57. The molecule has 72 valence electrons. The predicted molar refractivity (Wildman–Crippen MR) is 64.3 cm³/mol. The van der Waals surface area contributed by atoms with E-state index in [9.17, 15) is 0 Å². The second kappa shape index (κ2) is 3.86. The van der Waals surface area contributed by atoms with Crippen LogP contribution in [-0.4, -0.2) is 5.11 Å². The summed E-state index contributed by atoms with van der Waals surface area (Å²) in [6.45, 7) is 6.66. The van der Waals surface area contributed by atoms with Gasteiger partial charge >= 0.3 is 0 Å². The lowest BCUT2D eigenvalue weighted by atomic mass is 9.88. The van der Waals surface area contributed by atoms with E-state index < -0.39 is 0 Å². The summed E-state index contributed by atoms with van der Waals surface area (Å²) in [5, 5.41) is 9.14. The van der Waals surface area contributed by atoms with Crippen LogP contribution in [-0.2, 0) is 0 Å². The van der Waals surface area contributed by atoms with Crippen LogP contribution in [0.25, 0.3) is 0 Å². The summed E-state index contributed by atoms with van der Waals surface area (Å²) in [5.41, 5.74) is 1.53. The Kier molecular flexibility index (Phi) is 3.22. The maximum absolute atomic E-state index is 9.14. The number of hydrogen-bond donors (Lipinski definition) is 1. The number of hydrogen-bond acceptors (Lipinski definition) is 1. The molecule has 0 aliphatic carbocycles. The van der Waals surface area contributed by atoms with Gasteiger partial charge in [0.2, 0.25) is 0 Å². The summed E-state index contributed by atoms with van der Waals surface area (Å²) in [5.74, 6) is 0.334. The number of alkyl halides is 1. The van der Waals surface area contributed by atoms with Crippen LogP contribution < -0.4 is 0 Å². The molecule has 1 rings (SSSR count). The Morgan fingerprint density at radius 3 is 2.00 bits per heavy atom. The topological polar surface area (TPSA) is 20.2 Å². The van der Waals surface area contributed by atoms with Gasteiger partial charge in [0.05, 0.1) is 0 Å². The Bertz CT molecular complexity index is 271. The van der Waals surface area contributed by atoms with Crippen molar-refractivity contribution < 1.29 is 5.11 Å². The molecule has 0 saturated heterocycles. The van der Waals surface area contributed by atoms with Gasteiger partial charge in [0, 0.05) is 3.92 Å². The maximum Gasteiger partial charge on any atom is 0.115 e. The minimum atomic E-state index is 0.261. The molecule has 0 aliphatic rings. The molecule has 0 spiro atoms. The predicted octanol–water partition coefficient (Wildman–Crippen LogP) is 3.91. The van der Waals surface area contributed by atoms with E-state index in [2.05, 4.69) is 43.4 Å². The van der Waals surface area contributed by atoms with Crippen molar-refractivity contribution in [2.75, 3.05) is 0 Å². The van der Waals surface area contributed by atoms with E-state index >= 15 is 0 Å². The number of aromatic hydroxyl groups is 1. The largest absolute Gasteiger partial charge is 0.508 e. The van der Waals surface area contributed by atoms with E-state index in [1.165, 1.54) is 5.56 Å². The van der Waals surface area contributed by atoms with E-state index in [4.69, 9.17) is 5.11 Å². The molecule has 1 aromatic carbocycles. The van der Waals surface area contributed by atoms with E-state index in [-0.39, 0.29) is 5.41 Å². The second-order valence-electron chi connectivity index (χ2n) is 4.32. The lowest BCUT2D eigenvalue weighted by Crippen LogP contribution is -2.12. The van der Waals surface area contributed by atoms with Gasteiger partial charge < -0.3 is 5.11 Å². The first-order valence-corrected chi connectivity index (χ1v) is 5.59. The van der Waals surface area contributed by atoms with Crippen LogP contribution in [0.1, 0.15) is 30.3 Å². The molecule has 1 unspecified atom stereocenters. The Hall–Kier alpha value is -0.250. The van der Waals surface area contributed by atoms with Crippen molar-refractivity contribution in [2.24, 2.45) is 5.41 Å². The van der Waals surface area contributed by atoms with Crippen molar-refractivity contribution in [3.8, 4) is 5.75 Å². The number of rotatable bonds is 1. The molecular weight excluding hydrogens is 275 g/mol. The van der Waals surface area contributed by atoms with Crippen LogP contribution in [0, 0.1) is 5.41 Å². The fraction of sp³-hybridized carbons (Fsp3) is 0.455. The Balaban J connectivity index is 2.90. The zero-order chi connectivity index (χ0) is 10.1. The normalized spacial score (nSPS) is 14.2. The minimum Gasteiger partial charge on any atom is -0.508 e. The highest BCUT2D eigenvalue weighted by atomic mass is 127. The van der Waals surface area contributed by atoms with Gasteiger partial charge in [0.25, 0.3) is 0 Å². The van der Waals surface area contributed by atoms with Gasteiger partial charge in [-0.2, -0.15) is 0 Å². The summed E-state index contributed by atoms with van der Waals surface area (Å²) in [7, 11) is 0. The summed E-state index contributed by atoms with van der Waals surface area (Å²) in [6, 6.07) is 7.45. The average molecular weight is 290 g/mol. The maximum atomic E-state index is 9.14. The number of phenols is 1. The van der Waals surface area contributed by atoms with Crippen molar-refractivity contribution in [1.29, 1.82) is 0 Å². The van der Waals surface area contributed by atoms with Gasteiger partial charge in [-0.25, -0.2) is 0 Å². The summed E-state index contributed by atoms with van der Waals surface area (Å²) >= 11 is 2.44. The lowest BCUT2D eigenvalue weighted by molar-refractivity contribution is 0.414. The van der Waals surface area contributed by atoms with E-state index in [1.807, 2.05) is 12.1 Å². The van der Waals surface area contributed by atoms with Crippen molar-refractivity contribution >= 4 is 22.6 Å². The van der Waals surface area contributed by atoms with Gasteiger partial charge in [-0.1, -0.05) is 55.5 Å². The van der Waals surface area contributed by atoms with Crippen molar-refractivity contribution in [3.05, 3.63) is 29.8 Å². The number of halogens is 1. The van der Waals surface area contributed by atoms with Gasteiger partial charge in [-0.15, -0.1) is 0 Å². The van der Waals surface area contributed by atoms with Crippen LogP contribution in [0.5, 0.6) is 5.75 Å². The molecule has 0 fully saturated rings. The van der Waals surface area contributed by atoms with Crippen LogP contribution in [0.4, 0.5) is 0 Å². The lowest BCUT2D eigenvalue weighted by Gasteiger charge is -2.25. The Morgan fingerprint density at radius 2 is 1.62 bits per heavy atom. The Labute approximate surface area is 93.3 Å². The molecule has 0 aromatic heterocycles. The average Bonchev–Trinajstić information content (AvgIpc) is 2.03. The first-order valence-electron chi connectivity index (χ1n) is 4.34. The van der Waals surface area contributed by atoms with Gasteiger partial charge in [0.15, 0.2) is 0 Å². The smallest absolute Gasteiger partial charge is 0.115 e. The van der Waals surface area contributed by atoms with E-state index in [0.29, 0.717) is 9.67 Å². The zero-order valence-electron chi connectivity index (χ0n) is 8.21. The molecule has 0 heterocycles. The molecule has 1 atom stereocenters. The number of phenolic OH excluding ortho intramolecular Hbond substituents is 1. The molecule has 0 amide bonds. The highest BCUT2D eigenvalue weighted by Crippen LogP contribution is 2.40. The fourth-order valence-electron chi connectivity index (χ4n) is 1.14. The first kappa shape index (κ1) is 10.8. The van der Waals surface area contributed by atoms with Crippen LogP contribution in [0.15, 0.2) is 24.3 Å². The minimum absolute atomic E-state index is 0.261. The molecule has 0 saturated carbocycles. The third-order valence-electron chi connectivity index (χ3n) is 1.95. The van der Waals surface area contributed by atoms with E-state index in [0.717, 1.165) is 0 Å². The van der Waals surface area contributed by atoms with Gasteiger partial charge in [-0.05, 0) is 23.1 Å². The summed E-state index contributed by atoms with van der Waals surface area (Å²) in [4.78, 5) is 0. The van der Waals surface area contributed by atoms with E-state index in [1.54, 1.807) is 12.1 Å². The van der Waals surface area contributed by atoms with Gasteiger partial charge in [0.1, 0.15) is 5.75 Å². The van der Waals surface area contributed by atoms with Gasteiger partial charge in [-0.3, -0.25) is 0 Å². The highest BCUT2D eigenvalue weighted by molar-refractivity contribution is 14.1. The SMILES string of the molecule is CC(C)(C)C(I)c1ccc(O)cc1. The number of benzene rings is 1. The van der Waals surface area contributed by atoms with Crippen LogP contribution in [0.2, 0.25) is 0 Å². The standard InChI is InChI=1S/C11H15IO/c1-11(2,3)10(12)8-4-6-9(13)7-5-8/h4-7,10,13H,1-3H3. The molecule has 1 nitrogen and oxygen atoms in total. The molecule has 13 heavy (non-hydrogen) atoms. The van der Waals surface area contributed by atoms with Crippen molar-refractivity contribution in [1.82, 2.24) is 0 Å². The molecular formula is C11H15IO. The van der Waals surface area contributed by atoms with Crippen LogP contribution in [0.3, 0.4) is 0 Å². The molecule has 2 heteroatoms. The monoisotopic (exact) mass is 290 g/mol. The first-order chi connectivity index (χ1) is 5.91. The Morgan fingerprint density at radius 1 is 1.15 bits per heavy atom. The van der Waals surface area contributed by atoms with Crippen molar-refractivity contribution in [2.45, 2.75) is 24.7 Å². The molecule has 0 aliphatic heterocycles. The summed E-state index contributed by atoms with van der Waals surface area (Å²) in [6.07, 6.45) is 0. The quantitative estimate of drug-likeness (QED) is 0.614. The fourth-order valence-corrected chi connectivity index (χ4v) is 1.56. The van der Waals surface area contributed by atoms with Crippen molar-refractivity contribution in [3.63, 3.8) is 0 Å². The molecule has 0 radical (unpaired) electrons. The highest BCUT2D eigenvalue weighted by Gasteiger charge is 2.22. The molecule has 1 N–H and O–H groups in total. The summed E-state index contributed by atoms with van der Waals surface area (Å²) < 4.78 is 0.477. The molecule has 0 bridgehead atoms. The third kappa shape index (κ3) is 2.86. The third-order valence-corrected chi connectivity index (χ3v) is 4.53. The zero-order valence-corrected chi connectivity index (χ0v) is 10.4.